The van der Waals surface area contributed by atoms with Gasteiger partial charge in [-0.15, -0.1) is 18.2 Å². The number of carbonyl (C=O) groups is 3. The van der Waals surface area contributed by atoms with Gasteiger partial charge < -0.3 is 53.7 Å². The molecule has 14 nitrogen and oxygen atoms in total. The molecule has 0 radical (unpaired) electrons. The standard InChI is InChI=1S/C50H72ClNO13/c1-9-49(5,6)62-27-38-44(58)47(64-41(56)15-11-10-13-31-16-19-37-32(21-31)14-12-20-52(37)40(55)24-51)45(59)48(63-38)65-46-42-35(28(2)25-61-30(4)53)22-39(54)50(42,7)23-36-33(26-60-8)17-18-34(36)29(3)43(46)57/h9,16,19,21,23,28-29,33-34,38-39,43-48,54,57-59H,1,10-15,17-18,20,22,24-27H2,2-8H3/b36-23-/t28-,29-,33-,34+,38?,39+,43-,44?,45?,46-,47?,48?,50+/m1/s1. The van der Waals surface area contributed by atoms with Gasteiger partial charge in [-0.3, -0.25) is 14.4 Å². The maximum atomic E-state index is 13.6. The van der Waals surface area contributed by atoms with Gasteiger partial charge in [-0.25, -0.2) is 0 Å². The molecule has 0 bridgehead atoms. The Morgan fingerprint density at radius 2 is 1.85 bits per heavy atom. The number of methoxy groups -OCH3 is 1. The van der Waals surface area contributed by atoms with Gasteiger partial charge in [0.1, 0.15) is 30.3 Å². The zero-order chi connectivity index (χ0) is 47.4. The second-order valence-corrected chi connectivity index (χ2v) is 19.8. The summed E-state index contributed by atoms with van der Waals surface area (Å²) in [6, 6.07) is 6.05. The summed E-state index contributed by atoms with van der Waals surface area (Å²) in [6.45, 7) is 15.6. The van der Waals surface area contributed by atoms with Crippen LogP contribution >= 0.6 is 11.6 Å². The van der Waals surface area contributed by atoms with E-state index in [4.69, 9.17) is 40.0 Å². The lowest BCUT2D eigenvalue weighted by Crippen LogP contribution is -2.62. The number of alkyl halides is 1. The summed E-state index contributed by atoms with van der Waals surface area (Å²) in [5.74, 6) is -1.95. The summed E-state index contributed by atoms with van der Waals surface area (Å²) < 4.78 is 36.2. The molecule has 4 N–H and O–H groups in total. The number of unbranched alkanes of at least 4 members (excludes halogenated alkanes) is 1. The van der Waals surface area contributed by atoms with Gasteiger partial charge in [-0.1, -0.05) is 49.3 Å². The Labute approximate surface area is 389 Å². The van der Waals surface area contributed by atoms with Crippen molar-refractivity contribution in [2.24, 2.45) is 29.1 Å². The zero-order valence-electron chi connectivity index (χ0n) is 39.2. The molecule has 1 aromatic rings. The molecule has 0 aromatic heterocycles. The van der Waals surface area contributed by atoms with E-state index in [1.165, 1.54) is 6.92 Å². The Morgan fingerprint density at radius 1 is 1.09 bits per heavy atom. The number of aryl methyl sites for hydroxylation is 2. The smallest absolute Gasteiger partial charge is 0.306 e. The van der Waals surface area contributed by atoms with E-state index in [2.05, 4.69) is 18.7 Å². The van der Waals surface area contributed by atoms with Crippen LogP contribution in [0.15, 0.2) is 53.6 Å². The summed E-state index contributed by atoms with van der Waals surface area (Å²) in [4.78, 5) is 39.6. The number of hydrogen-bond donors (Lipinski definition) is 4. The van der Waals surface area contributed by atoms with Gasteiger partial charge in [0.15, 0.2) is 12.4 Å². The molecule has 2 aliphatic heterocycles. The van der Waals surface area contributed by atoms with Crippen molar-refractivity contribution in [2.45, 2.75) is 154 Å². The van der Waals surface area contributed by atoms with Crippen LogP contribution in [0.4, 0.5) is 5.69 Å². The summed E-state index contributed by atoms with van der Waals surface area (Å²) >= 11 is 5.85. The Balaban J connectivity index is 1.25. The van der Waals surface area contributed by atoms with E-state index >= 15 is 0 Å². The number of ether oxygens (including phenoxy) is 6. The number of amides is 1. The average Bonchev–Trinajstić information content (AvgIpc) is 3.78. The Hall–Kier alpha value is -3.18. The normalized spacial score (nSPS) is 33.8. The van der Waals surface area contributed by atoms with Crippen LogP contribution in [0.5, 0.6) is 0 Å². The molecule has 15 heteroatoms. The highest BCUT2D eigenvalue weighted by Crippen LogP contribution is 2.56. The van der Waals surface area contributed by atoms with Crippen molar-refractivity contribution in [2.75, 3.05) is 44.3 Å². The second-order valence-electron chi connectivity index (χ2n) is 19.6. The number of rotatable bonds is 18. The number of aliphatic hydroxyl groups is 4. The van der Waals surface area contributed by atoms with Gasteiger partial charge in [-0.2, -0.15) is 0 Å². The van der Waals surface area contributed by atoms with Gasteiger partial charge in [0, 0.05) is 49.9 Å². The van der Waals surface area contributed by atoms with Crippen LogP contribution < -0.4 is 4.90 Å². The van der Waals surface area contributed by atoms with E-state index in [1.54, 1.807) is 31.9 Å². The minimum Gasteiger partial charge on any atom is -0.465 e. The van der Waals surface area contributed by atoms with Gasteiger partial charge >= 0.3 is 11.9 Å². The largest absolute Gasteiger partial charge is 0.465 e. The van der Waals surface area contributed by atoms with Crippen molar-refractivity contribution >= 4 is 35.1 Å². The number of esters is 2. The molecule has 5 unspecified atom stereocenters. The molecule has 2 fully saturated rings. The zero-order valence-corrected chi connectivity index (χ0v) is 40.0. The number of carbonyl (C=O) groups excluding carboxylic acids is 3. The number of benzene rings is 1. The molecule has 1 amide bonds. The van der Waals surface area contributed by atoms with Crippen LogP contribution in [0.2, 0.25) is 0 Å². The highest BCUT2D eigenvalue weighted by molar-refractivity contribution is 6.29. The molecule has 362 valence electrons. The van der Waals surface area contributed by atoms with Gasteiger partial charge in [0.25, 0.3) is 0 Å². The average molecular weight is 931 g/mol. The molecule has 65 heavy (non-hydrogen) atoms. The van der Waals surface area contributed by atoms with E-state index in [1.807, 2.05) is 32.9 Å². The minimum atomic E-state index is -1.70. The summed E-state index contributed by atoms with van der Waals surface area (Å²) in [6.07, 6.45) is -1.46. The fraction of sp³-hybridized carbons (Fsp3) is 0.700. The quantitative estimate of drug-likeness (QED) is 0.0624. The fourth-order valence-electron chi connectivity index (χ4n) is 10.6. The van der Waals surface area contributed by atoms with E-state index in [9.17, 15) is 34.8 Å². The molecular formula is C50H72ClNO13. The SMILES string of the molecule is C=CC(C)(C)OCC1OC(O[C@@H]2C3=C([C@H](C)COC(C)=O)C[C@H](O)[C@]3(C)/C=C3/[C@@H](COC)CC[C@H]3[C@@H](C)[C@H]2O)C(O)C(OC(=O)CCCCc2ccc3c(c2)CCCN3C(=O)CCl)C1O. The number of fused-ring (bicyclic) bond motifs is 3. The van der Waals surface area contributed by atoms with Crippen molar-refractivity contribution in [3.8, 4) is 0 Å². The van der Waals surface area contributed by atoms with Crippen LogP contribution in [0, 0.1) is 29.1 Å². The molecule has 1 saturated carbocycles. The van der Waals surface area contributed by atoms with Crippen molar-refractivity contribution in [1.29, 1.82) is 0 Å². The van der Waals surface area contributed by atoms with Gasteiger partial charge in [-0.05, 0) is 107 Å². The lowest BCUT2D eigenvalue weighted by Gasteiger charge is -2.47. The molecule has 6 rings (SSSR count). The number of hydrogen-bond acceptors (Lipinski definition) is 13. The highest BCUT2D eigenvalue weighted by atomic mass is 35.5. The third-order valence-corrected chi connectivity index (χ3v) is 14.8. The van der Waals surface area contributed by atoms with Crippen LogP contribution in [0.3, 0.4) is 0 Å². The maximum absolute atomic E-state index is 13.6. The van der Waals surface area contributed by atoms with Crippen LogP contribution in [0.1, 0.15) is 97.6 Å². The predicted octanol–water partition coefficient (Wildman–Crippen LogP) is 5.52. The lowest BCUT2D eigenvalue weighted by atomic mass is 9.68. The third-order valence-electron chi connectivity index (χ3n) is 14.6. The molecule has 5 aliphatic rings. The Kier molecular flexibility index (Phi) is 17.2. The highest BCUT2D eigenvalue weighted by Gasteiger charge is 2.56. The molecule has 2 heterocycles. The number of anilines is 1. The van der Waals surface area contributed by atoms with Gasteiger partial charge in [0.2, 0.25) is 5.91 Å². The molecule has 1 saturated heterocycles. The third kappa shape index (κ3) is 11.4. The van der Waals surface area contributed by atoms with Gasteiger partial charge in [0.05, 0.1) is 37.6 Å². The first-order valence-electron chi connectivity index (χ1n) is 23.4. The minimum absolute atomic E-state index is 0.0155. The summed E-state index contributed by atoms with van der Waals surface area (Å²) in [7, 11) is 1.67. The lowest BCUT2D eigenvalue weighted by molar-refractivity contribution is -0.320. The number of aliphatic hydroxyl groups excluding tert-OH is 4. The maximum Gasteiger partial charge on any atom is 0.306 e. The van der Waals surface area contributed by atoms with Crippen LogP contribution in [0.25, 0.3) is 0 Å². The van der Waals surface area contributed by atoms with Crippen molar-refractivity contribution in [3.63, 3.8) is 0 Å². The first-order valence-corrected chi connectivity index (χ1v) is 23.9. The van der Waals surface area contributed by atoms with E-state index in [-0.39, 0.29) is 61.5 Å². The van der Waals surface area contributed by atoms with Crippen LogP contribution in [-0.2, 0) is 55.6 Å². The van der Waals surface area contributed by atoms with E-state index < -0.39 is 72.0 Å². The second kappa shape index (κ2) is 21.8. The Bertz CT molecular complexity index is 1930. The van der Waals surface area contributed by atoms with E-state index in [0.29, 0.717) is 38.0 Å². The summed E-state index contributed by atoms with van der Waals surface area (Å²) in [5.41, 5.74) is 3.68. The van der Waals surface area contributed by atoms with Crippen LogP contribution in [-0.4, -0.2) is 132 Å². The van der Waals surface area contributed by atoms with Crippen molar-refractivity contribution in [1.82, 2.24) is 0 Å². The first-order chi connectivity index (χ1) is 30.8. The van der Waals surface area contributed by atoms with Crippen molar-refractivity contribution in [3.05, 3.63) is 64.8 Å². The predicted molar refractivity (Wildman–Crippen MR) is 244 cm³/mol. The Morgan fingerprint density at radius 3 is 2.54 bits per heavy atom. The molecule has 0 spiro atoms. The monoisotopic (exact) mass is 929 g/mol. The van der Waals surface area contributed by atoms with Crippen molar-refractivity contribution < 1.29 is 63.2 Å². The first kappa shape index (κ1) is 51.2. The molecule has 1 aromatic carbocycles. The molecular weight excluding hydrogens is 858 g/mol. The molecule has 13 atom stereocenters. The fourth-order valence-corrected chi connectivity index (χ4v) is 10.8. The number of nitrogens with zero attached hydrogens (tertiary/aromatic N) is 1. The summed E-state index contributed by atoms with van der Waals surface area (Å²) in [5, 5.41) is 48.3. The molecule has 3 aliphatic carbocycles. The number of halogens is 1. The van der Waals surface area contributed by atoms with E-state index in [0.717, 1.165) is 53.6 Å². The topological polar surface area (TPSA) is 191 Å².